The summed E-state index contributed by atoms with van der Waals surface area (Å²) in [5.74, 6) is -0.0316. The molecule has 1 fully saturated rings. The van der Waals surface area contributed by atoms with Gasteiger partial charge in [-0.15, -0.1) is 0 Å². The molecule has 2 rings (SSSR count). The Labute approximate surface area is 141 Å². The van der Waals surface area contributed by atoms with Gasteiger partial charge >= 0.3 is 0 Å². The average molecular weight is 339 g/mol. The first kappa shape index (κ1) is 17.8. The predicted octanol–water partition coefficient (Wildman–Crippen LogP) is 2.60. The van der Waals surface area contributed by atoms with Crippen molar-refractivity contribution in [3.05, 3.63) is 28.8 Å². The minimum atomic E-state index is -0.247. The molecule has 0 bridgehead atoms. The van der Waals surface area contributed by atoms with Crippen molar-refractivity contribution >= 4 is 29.1 Å². The normalized spacial score (nSPS) is 16.0. The Bertz CT molecular complexity index is 589. The van der Waals surface area contributed by atoms with Crippen LogP contribution in [0.3, 0.4) is 0 Å². The number of aliphatic hydroxyl groups excluding tert-OH is 1. The van der Waals surface area contributed by atoms with Gasteiger partial charge in [-0.3, -0.25) is 9.59 Å². The number of anilines is 1. The first-order valence-corrected chi connectivity index (χ1v) is 8.33. The van der Waals surface area contributed by atoms with Crippen LogP contribution >= 0.6 is 11.6 Å². The van der Waals surface area contributed by atoms with Crippen LogP contribution < -0.4 is 10.2 Å². The van der Waals surface area contributed by atoms with Crippen molar-refractivity contribution in [2.75, 3.05) is 18.1 Å². The second-order valence-corrected chi connectivity index (χ2v) is 6.58. The largest absolute Gasteiger partial charge is 0.396 e. The summed E-state index contributed by atoms with van der Waals surface area (Å²) in [6, 6.07) is 4.84. The third-order valence-corrected chi connectivity index (χ3v) is 4.37. The number of nitrogens with zero attached hydrogens (tertiary/aromatic N) is 1. The van der Waals surface area contributed by atoms with E-state index in [0.29, 0.717) is 35.7 Å². The molecule has 0 aromatic heterocycles. The van der Waals surface area contributed by atoms with Gasteiger partial charge in [-0.25, -0.2) is 0 Å². The molecule has 1 aliphatic rings. The third kappa shape index (κ3) is 4.24. The summed E-state index contributed by atoms with van der Waals surface area (Å²) in [6.07, 6.45) is 1.77. The Morgan fingerprint density at radius 3 is 2.74 bits per heavy atom. The average Bonchev–Trinajstić information content (AvgIpc) is 2.92. The lowest BCUT2D eigenvalue weighted by Crippen LogP contribution is -2.40. The first-order valence-electron chi connectivity index (χ1n) is 7.95. The van der Waals surface area contributed by atoms with Gasteiger partial charge in [0.2, 0.25) is 5.91 Å². The molecular formula is C17H23ClN2O3. The Morgan fingerprint density at radius 2 is 2.17 bits per heavy atom. The highest BCUT2D eigenvalue weighted by atomic mass is 35.5. The maximum Gasteiger partial charge on any atom is 0.253 e. The Kier molecular flexibility index (Phi) is 6.02. The lowest BCUT2D eigenvalue weighted by molar-refractivity contribution is -0.117. The van der Waals surface area contributed by atoms with Gasteiger partial charge in [0, 0.05) is 30.6 Å². The fourth-order valence-electron chi connectivity index (χ4n) is 2.78. The number of hydrogen-bond donors (Lipinski definition) is 2. The first-order chi connectivity index (χ1) is 10.9. The number of rotatable bonds is 6. The zero-order valence-corrected chi connectivity index (χ0v) is 14.3. The monoisotopic (exact) mass is 338 g/mol. The van der Waals surface area contributed by atoms with E-state index < -0.39 is 0 Å². The molecule has 6 heteroatoms. The molecule has 0 spiro atoms. The van der Waals surface area contributed by atoms with E-state index in [2.05, 4.69) is 5.32 Å². The van der Waals surface area contributed by atoms with E-state index in [1.807, 2.05) is 13.8 Å². The van der Waals surface area contributed by atoms with Crippen LogP contribution in [0.25, 0.3) is 0 Å². The standard InChI is InChI=1S/C17H23ClN2O3/c1-11(2)14(7-9-21)19-17(23)13-6-5-12(18)10-15(13)20-8-3-4-16(20)22/h5-6,10-11,14,21H,3-4,7-9H2,1-2H3,(H,19,23). The molecule has 2 amide bonds. The van der Waals surface area contributed by atoms with Gasteiger partial charge in [-0.2, -0.15) is 0 Å². The second-order valence-electron chi connectivity index (χ2n) is 6.15. The molecule has 1 unspecified atom stereocenters. The zero-order chi connectivity index (χ0) is 17.0. The van der Waals surface area contributed by atoms with Crippen LogP contribution in [0.4, 0.5) is 5.69 Å². The molecule has 5 nitrogen and oxygen atoms in total. The number of amides is 2. The zero-order valence-electron chi connectivity index (χ0n) is 13.5. The van der Waals surface area contributed by atoms with E-state index in [4.69, 9.17) is 16.7 Å². The lowest BCUT2D eigenvalue weighted by Gasteiger charge is -2.24. The molecule has 0 radical (unpaired) electrons. The number of carbonyl (C=O) groups is 2. The molecular weight excluding hydrogens is 316 g/mol. The lowest BCUT2D eigenvalue weighted by atomic mass is 10.0. The van der Waals surface area contributed by atoms with Crippen LogP contribution in [0.15, 0.2) is 18.2 Å². The smallest absolute Gasteiger partial charge is 0.253 e. The van der Waals surface area contributed by atoms with E-state index >= 15 is 0 Å². The van der Waals surface area contributed by atoms with Crippen LogP contribution in [0.5, 0.6) is 0 Å². The number of halogens is 1. The van der Waals surface area contributed by atoms with Crippen LogP contribution in [0.1, 0.15) is 43.5 Å². The molecule has 1 saturated heterocycles. The molecule has 126 valence electrons. The molecule has 1 heterocycles. The van der Waals surface area contributed by atoms with Crippen molar-refractivity contribution in [1.82, 2.24) is 5.32 Å². The van der Waals surface area contributed by atoms with Gasteiger partial charge in [-0.1, -0.05) is 25.4 Å². The Balaban J connectivity index is 2.27. The van der Waals surface area contributed by atoms with E-state index in [9.17, 15) is 9.59 Å². The minimum Gasteiger partial charge on any atom is -0.396 e. The van der Waals surface area contributed by atoms with Crippen molar-refractivity contribution in [3.63, 3.8) is 0 Å². The summed E-state index contributed by atoms with van der Waals surface area (Å²) in [6.45, 7) is 4.60. The van der Waals surface area contributed by atoms with Crippen LogP contribution in [-0.2, 0) is 4.79 Å². The van der Waals surface area contributed by atoms with E-state index in [1.54, 1.807) is 23.1 Å². The van der Waals surface area contributed by atoms with E-state index in [-0.39, 0.29) is 30.4 Å². The van der Waals surface area contributed by atoms with E-state index in [0.717, 1.165) is 6.42 Å². The molecule has 0 aliphatic carbocycles. The highest BCUT2D eigenvalue weighted by Gasteiger charge is 2.27. The van der Waals surface area contributed by atoms with E-state index in [1.165, 1.54) is 0 Å². The number of hydrogen-bond acceptors (Lipinski definition) is 3. The van der Waals surface area contributed by atoms with Gasteiger partial charge in [0.25, 0.3) is 5.91 Å². The summed E-state index contributed by atoms with van der Waals surface area (Å²) in [5, 5.41) is 12.6. The van der Waals surface area contributed by atoms with Gasteiger partial charge in [0.05, 0.1) is 11.3 Å². The molecule has 23 heavy (non-hydrogen) atoms. The summed E-state index contributed by atoms with van der Waals surface area (Å²) in [4.78, 5) is 26.3. The predicted molar refractivity (Wildman–Crippen MR) is 90.8 cm³/mol. The van der Waals surface area contributed by atoms with Crippen LogP contribution in [-0.4, -0.2) is 36.1 Å². The molecule has 2 N–H and O–H groups in total. The van der Waals surface area contributed by atoms with Crippen LogP contribution in [0, 0.1) is 5.92 Å². The fourth-order valence-corrected chi connectivity index (χ4v) is 2.95. The molecule has 1 atom stereocenters. The fraction of sp³-hybridized carbons (Fsp3) is 0.529. The van der Waals surface area contributed by atoms with Crippen molar-refractivity contribution in [1.29, 1.82) is 0 Å². The minimum absolute atomic E-state index is 0.0112. The summed E-state index contributed by atoms with van der Waals surface area (Å²) >= 11 is 6.05. The third-order valence-electron chi connectivity index (χ3n) is 4.13. The quantitative estimate of drug-likeness (QED) is 0.837. The molecule has 1 aromatic rings. The molecule has 1 aliphatic heterocycles. The maximum atomic E-state index is 12.7. The molecule has 0 saturated carbocycles. The van der Waals surface area contributed by atoms with Crippen LogP contribution in [0.2, 0.25) is 5.02 Å². The van der Waals surface area contributed by atoms with Gasteiger partial charge in [0.15, 0.2) is 0 Å². The summed E-state index contributed by atoms with van der Waals surface area (Å²) in [7, 11) is 0. The summed E-state index contributed by atoms with van der Waals surface area (Å²) < 4.78 is 0. The van der Waals surface area contributed by atoms with Crippen molar-refractivity contribution in [2.24, 2.45) is 5.92 Å². The van der Waals surface area contributed by atoms with Crippen molar-refractivity contribution in [2.45, 2.75) is 39.2 Å². The van der Waals surface area contributed by atoms with Crippen molar-refractivity contribution in [3.8, 4) is 0 Å². The van der Waals surface area contributed by atoms with Gasteiger partial charge in [0.1, 0.15) is 0 Å². The summed E-state index contributed by atoms with van der Waals surface area (Å²) in [5.41, 5.74) is 0.997. The van der Waals surface area contributed by atoms with Crippen molar-refractivity contribution < 1.29 is 14.7 Å². The topological polar surface area (TPSA) is 69.6 Å². The van der Waals surface area contributed by atoms with Gasteiger partial charge < -0.3 is 15.3 Å². The number of nitrogens with one attached hydrogen (secondary N) is 1. The number of carbonyl (C=O) groups excluding carboxylic acids is 2. The Hall–Kier alpha value is -1.59. The second kappa shape index (κ2) is 7.79. The highest BCUT2D eigenvalue weighted by Crippen LogP contribution is 2.29. The maximum absolute atomic E-state index is 12.7. The number of benzene rings is 1. The highest BCUT2D eigenvalue weighted by molar-refractivity contribution is 6.31. The Morgan fingerprint density at radius 1 is 1.43 bits per heavy atom. The molecule has 1 aromatic carbocycles. The van der Waals surface area contributed by atoms with Gasteiger partial charge in [-0.05, 0) is 37.0 Å². The SMILES string of the molecule is CC(C)C(CCO)NC(=O)c1ccc(Cl)cc1N1CCCC1=O. The number of aliphatic hydroxyl groups is 1.